The standard InChI is InChI=1S/C13H22N4O3/c1-4-5-11(6-12(18)19)15-13(20)14-7-10-8-17(3)16-9(10)2/h8,11H,4-7H2,1-3H3,(H,18,19)(H2,14,15,20). The molecule has 112 valence electrons. The molecule has 0 aliphatic rings. The van der Waals surface area contributed by atoms with Crippen molar-refractivity contribution >= 4 is 12.0 Å². The number of carboxylic acid groups (broad SMARTS) is 1. The molecule has 0 fully saturated rings. The van der Waals surface area contributed by atoms with Crippen molar-refractivity contribution < 1.29 is 14.7 Å². The van der Waals surface area contributed by atoms with Gasteiger partial charge in [0.25, 0.3) is 0 Å². The SMILES string of the molecule is CCCC(CC(=O)O)NC(=O)NCc1cn(C)nc1C. The van der Waals surface area contributed by atoms with Crippen LogP contribution in [0.25, 0.3) is 0 Å². The molecule has 0 radical (unpaired) electrons. The molecule has 0 spiro atoms. The maximum atomic E-state index is 11.8. The molecule has 7 heteroatoms. The van der Waals surface area contributed by atoms with Crippen molar-refractivity contribution in [3.8, 4) is 0 Å². The zero-order valence-electron chi connectivity index (χ0n) is 12.1. The summed E-state index contributed by atoms with van der Waals surface area (Å²) >= 11 is 0. The van der Waals surface area contributed by atoms with Crippen LogP contribution in [-0.4, -0.2) is 32.9 Å². The van der Waals surface area contributed by atoms with E-state index in [2.05, 4.69) is 15.7 Å². The summed E-state index contributed by atoms with van der Waals surface area (Å²) in [7, 11) is 1.82. The van der Waals surface area contributed by atoms with E-state index < -0.39 is 5.97 Å². The number of rotatable bonds is 7. The molecule has 1 heterocycles. The van der Waals surface area contributed by atoms with Gasteiger partial charge in [-0.3, -0.25) is 9.48 Å². The molecule has 0 aliphatic carbocycles. The van der Waals surface area contributed by atoms with Crippen molar-refractivity contribution in [2.24, 2.45) is 7.05 Å². The molecule has 1 aromatic rings. The number of carbonyl (C=O) groups is 2. The molecule has 0 saturated heterocycles. The molecule has 1 unspecified atom stereocenters. The molecule has 0 saturated carbocycles. The largest absolute Gasteiger partial charge is 0.481 e. The minimum absolute atomic E-state index is 0.0623. The average Bonchev–Trinajstić information content (AvgIpc) is 2.64. The van der Waals surface area contributed by atoms with Gasteiger partial charge in [0.15, 0.2) is 0 Å². The Bertz CT molecular complexity index is 470. The fraction of sp³-hybridized carbons (Fsp3) is 0.615. The first-order valence-electron chi connectivity index (χ1n) is 6.67. The van der Waals surface area contributed by atoms with Crippen molar-refractivity contribution in [1.29, 1.82) is 0 Å². The maximum Gasteiger partial charge on any atom is 0.315 e. The molecule has 1 atom stereocenters. The van der Waals surface area contributed by atoms with Crippen LogP contribution in [-0.2, 0) is 18.4 Å². The maximum absolute atomic E-state index is 11.8. The van der Waals surface area contributed by atoms with Crippen LogP contribution in [0.5, 0.6) is 0 Å². The van der Waals surface area contributed by atoms with E-state index in [4.69, 9.17) is 5.11 Å². The molecule has 3 N–H and O–H groups in total. The Balaban J connectivity index is 2.45. The van der Waals surface area contributed by atoms with Crippen molar-refractivity contribution in [3.63, 3.8) is 0 Å². The van der Waals surface area contributed by atoms with E-state index in [1.807, 2.05) is 27.1 Å². The van der Waals surface area contributed by atoms with Crippen LogP contribution in [0.3, 0.4) is 0 Å². The quantitative estimate of drug-likeness (QED) is 0.699. The van der Waals surface area contributed by atoms with Gasteiger partial charge in [0.05, 0.1) is 12.1 Å². The highest BCUT2D eigenvalue weighted by Crippen LogP contribution is 2.04. The number of hydrogen-bond donors (Lipinski definition) is 3. The van der Waals surface area contributed by atoms with Gasteiger partial charge in [-0.1, -0.05) is 13.3 Å². The summed E-state index contributed by atoms with van der Waals surface area (Å²) in [6.45, 7) is 4.20. The van der Waals surface area contributed by atoms with Crippen molar-refractivity contribution in [1.82, 2.24) is 20.4 Å². The lowest BCUT2D eigenvalue weighted by Crippen LogP contribution is -2.42. The minimum atomic E-state index is -0.910. The third-order valence-electron chi connectivity index (χ3n) is 2.95. The van der Waals surface area contributed by atoms with Crippen molar-refractivity contribution in [2.75, 3.05) is 0 Å². The number of carboxylic acids is 1. The smallest absolute Gasteiger partial charge is 0.315 e. The second-order valence-electron chi connectivity index (χ2n) is 4.82. The van der Waals surface area contributed by atoms with Crippen molar-refractivity contribution in [3.05, 3.63) is 17.5 Å². The van der Waals surface area contributed by atoms with Gasteiger partial charge in [0, 0.05) is 31.4 Å². The number of aryl methyl sites for hydroxylation is 2. The highest BCUT2D eigenvalue weighted by molar-refractivity contribution is 5.75. The van der Waals surface area contributed by atoms with Crippen LogP contribution < -0.4 is 10.6 Å². The molecule has 0 aliphatic heterocycles. The fourth-order valence-corrected chi connectivity index (χ4v) is 2.02. The van der Waals surface area contributed by atoms with Crippen LogP contribution >= 0.6 is 0 Å². The van der Waals surface area contributed by atoms with Crippen LogP contribution in [0.1, 0.15) is 37.4 Å². The molecular formula is C13H22N4O3. The van der Waals surface area contributed by atoms with E-state index in [1.54, 1.807) is 4.68 Å². The highest BCUT2D eigenvalue weighted by Gasteiger charge is 2.15. The summed E-state index contributed by atoms with van der Waals surface area (Å²) < 4.78 is 1.69. The Labute approximate surface area is 118 Å². The van der Waals surface area contributed by atoms with E-state index in [0.29, 0.717) is 13.0 Å². The van der Waals surface area contributed by atoms with Crippen LogP contribution in [0, 0.1) is 6.92 Å². The second kappa shape index (κ2) is 7.52. The molecule has 1 aromatic heterocycles. The minimum Gasteiger partial charge on any atom is -0.481 e. The highest BCUT2D eigenvalue weighted by atomic mass is 16.4. The zero-order chi connectivity index (χ0) is 15.1. The normalized spacial score (nSPS) is 11.9. The van der Waals surface area contributed by atoms with Gasteiger partial charge in [0.2, 0.25) is 0 Å². The molecule has 20 heavy (non-hydrogen) atoms. The summed E-state index contributed by atoms with van der Waals surface area (Å²) in [6.07, 6.45) is 3.25. The monoisotopic (exact) mass is 282 g/mol. The van der Waals surface area contributed by atoms with Gasteiger partial charge < -0.3 is 15.7 Å². The lowest BCUT2D eigenvalue weighted by Gasteiger charge is -2.16. The molecule has 1 rings (SSSR count). The molecule has 0 aromatic carbocycles. The average molecular weight is 282 g/mol. The molecule has 7 nitrogen and oxygen atoms in total. The number of amides is 2. The Hall–Kier alpha value is -2.05. The summed E-state index contributed by atoms with van der Waals surface area (Å²) in [5, 5.41) is 18.4. The lowest BCUT2D eigenvalue weighted by atomic mass is 10.1. The summed E-state index contributed by atoms with van der Waals surface area (Å²) in [6, 6.07) is -0.694. The molecule has 0 bridgehead atoms. The second-order valence-corrected chi connectivity index (χ2v) is 4.82. The predicted molar refractivity (Wildman–Crippen MR) is 74.3 cm³/mol. The van der Waals surface area contributed by atoms with Gasteiger partial charge in [-0.15, -0.1) is 0 Å². The number of aromatic nitrogens is 2. The predicted octanol–water partition coefficient (Wildman–Crippen LogP) is 1.17. The van der Waals surface area contributed by atoms with Crippen molar-refractivity contribution in [2.45, 2.75) is 45.7 Å². The van der Waals surface area contributed by atoms with E-state index in [-0.39, 0.29) is 18.5 Å². The first-order chi connectivity index (χ1) is 9.42. The van der Waals surface area contributed by atoms with Gasteiger partial charge in [0.1, 0.15) is 0 Å². The van der Waals surface area contributed by atoms with Crippen LogP contribution in [0.15, 0.2) is 6.20 Å². The molecule has 2 amide bonds. The third-order valence-corrected chi connectivity index (χ3v) is 2.95. The van der Waals surface area contributed by atoms with Gasteiger partial charge in [-0.25, -0.2) is 4.79 Å². The summed E-state index contributed by atoms with van der Waals surface area (Å²) in [4.78, 5) is 22.5. The number of carbonyl (C=O) groups excluding carboxylic acids is 1. The van der Waals surface area contributed by atoms with E-state index in [0.717, 1.165) is 17.7 Å². The fourth-order valence-electron chi connectivity index (χ4n) is 2.02. The van der Waals surface area contributed by atoms with E-state index >= 15 is 0 Å². The number of urea groups is 1. The number of nitrogens with one attached hydrogen (secondary N) is 2. The number of aliphatic carboxylic acids is 1. The van der Waals surface area contributed by atoms with Crippen LogP contribution in [0.4, 0.5) is 4.79 Å². The number of hydrogen-bond acceptors (Lipinski definition) is 3. The Morgan fingerprint density at radius 1 is 1.50 bits per heavy atom. The topological polar surface area (TPSA) is 96.3 Å². The van der Waals surface area contributed by atoms with Gasteiger partial charge in [-0.05, 0) is 13.3 Å². The van der Waals surface area contributed by atoms with Crippen LogP contribution in [0.2, 0.25) is 0 Å². The summed E-state index contributed by atoms with van der Waals surface area (Å²) in [5.41, 5.74) is 1.80. The third kappa shape index (κ3) is 5.29. The lowest BCUT2D eigenvalue weighted by molar-refractivity contribution is -0.137. The molecular weight excluding hydrogens is 260 g/mol. The Morgan fingerprint density at radius 2 is 2.20 bits per heavy atom. The first kappa shape index (κ1) is 16.0. The Morgan fingerprint density at radius 3 is 2.70 bits per heavy atom. The van der Waals surface area contributed by atoms with Gasteiger partial charge >= 0.3 is 12.0 Å². The van der Waals surface area contributed by atoms with E-state index in [9.17, 15) is 9.59 Å². The van der Waals surface area contributed by atoms with Gasteiger partial charge in [-0.2, -0.15) is 5.10 Å². The number of nitrogens with zero attached hydrogens (tertiary/aromatic N) is 2. The summed E-state index contributed by atoms with van der Waals surface area (Å²) in [5.74, 6) is -0.910. The zero-order valence-corrected chi connectivity index (χ0v) is 12.1. The van der Waals surface area contributed by atoms with E-state index in [1.165, 1.54) is 0 Å². The Kier molecular flexibility index (Phi) is 6.02. The first-order valence-corrected chi connectivity index (χ1v) is 6.67.